The third-order valence-electron chi connectivity index (χ3n) is 5.04. The highest BCUT2D eigenvalue weighted by Gasteiger charge is 2.32. The fourth-order valence-corrected chi connectivity index (χ4v) is 4.54. The Bertz CT molecular complexity index is 1250. The van der Waals surface area contributed by atoms with E-state index in [2.05, 4.69) is 20.9 Å². The minimum absolute atomic E-state index is 0.107. The molecule has 6 nitrogen and oxygen atoms in total. The van der Waals surface area contributed by atoms with Crippen LogP contribution in [0, 0.1) is 0 Å². The Kier molecular flexibility index (Phi) is 7.49. The van der Waals surface area contributed by atoms with E-state index in [1.807, 2.05) is 61.5 Å². The number of carboxylic acids is 1. The maximum absolute atomic E-state index is 12.9. The van der Waals surface area contributed by atoms with Crippen molar-refractivity contribution in [3.05, 3.63) is 98.9 Å². The molecule has 34 heavy (non-hydrogen) atoms. The Hall–Kier alpha value is -3.36. The van der Waals surface area contributed by atoms with E-state index in [1.54, 1.807) is 17.0 Å². The van der Waals surface area contributed by atoms with Gasteiger partial charge in [0.05, 0.1) is 16.2 Å². The summed E-state index contributed by atoms with van der Waals surface area (Å²) in [5.41, 5.74) is 2.74. The van der Waals surface area contributed by atoms with E-state index in [1.165, 1.54) is 23.9 Å². The summed E-state index contributed by atoms with van der Waals surface area (Å²) in [5.74, 6) is -0.351. The maximum atomic E-state index is 12.9. The van der Waals surface area contributed by atoms with Crippen molar-refractivity contribution in [3.63, 3.8) is 0 Å². The first-order valence-corrected chi connectivity index (χ1v) is 12.1. The molecule has 1 N–H and O–H groups in total. The highest BCUT2D eigenvalue weighted by molar-refractivity contribution is 9.10. The number of carbonyl (C=O) groups excluding carboxylic acids is 1. The molecule has 1 saturated heterocycles. The van der Waals surface area contributed by atoms with Gasteiger partial charge >= 0.3 is 5.97 Å². The van der Waals surface area contributed by atoms with Crippen molar-refractivity contribution in [2.75, 3.05) is 6.54 Å². The van der Waals surface area contributed by atoms with Crippen molar-refractivity contribution in [2.45, 2.75) is 13.5 Å². The van der Waals surface area contributed by atoms with Crippen molar-refractivity contribution in [1.82, 2.24) is 4.90 Å². The molecule has 0 saturated carbocycles. The molecule has 0 aromatic heterocycles. The lowest BCUT2D eigenvalue weighted by Gasteiger charge is -2.12. The van der Waals surface area contributed by atoms with E-state index in [4.69, 9.17) is 9.84 Å². The number of thioether (sulfide) groups is 1. The van der Waals surface area contributed by atoms with Crippen molar-refractivity contribution < 1.29 is 19.4 Å². The van der Waals surface area contributed by atoms with Crippen LogP contribution in [0.5, 0.6) is 5.75 Å². The number of nitrogens with zero attached hydrogens (tertiary/aromatic N) is 2. The fourth-order valence-electron chi connectivity index (χ4n) is 3.22. The largest absolute Gasteiger partial charge is 0.489 e. The average Bonchev–Trinajstić information content (AvgIpc) is 3.13. The van der Waals surface area contributed by atoms with Crippen LogP contribution >= 0.6 is 27.7 Å². The van der Waals surface area contributed by atoms with E-state index in [0.29, 0.717) is 28.9 Å². The standard InChI is InChI=1S/C26H21BrN2O4S/c1-2-29-24(30)23(34-26(29)28-21-11-7-19(8-12-21)25(31)32)15-17-5-13-22(14-6-17)33-16-18-3-9-20(27)10-4-18/h3-15H,2,16H2,1H3,(H,31,32). The molecule has 3 aromatic carbocycles. The second-order valence-corrected chi connectivity index (χ2v) is 9.32. The van der Waals surface area contributed by atoms with Gasteiger partial charge in [-0.15, -0.1) is 0 Å². The Morgan fingerprint density at radius 2 is 1.74 bits per heavy atom. The predicted octanol–water partition coefficient (Wildman–Crippen LogP) is 6.35. The molecule has 4 rings (SSSR count). The first-order chi connectivity index (χ1) is 16.4. The van der Waals surface area contributed by atoms with Gasteiger partial charge in [-0.2, -0.15) is 0 Å². The van der Waals surface area contributed by atoms with Gasteiger partial charge in [-0.05, 0) is 84.4 Å². The second-order valence-electron chi connectivity index (χ2n) is 7.39. The summed E-state index contributed by atoms with van der Waals surface area (Å²) in [6, 6.07) is 21.8. The van der Waals surface area contributed by atoms with Crippen molar-refractivity contribution in [3.8, 4) is 5.75 Å². The van der Waals surface area contributed by atoms with Crippen LogP contribution in [0.25, 0.3) is 6.08 Å². The van der Waals surface area contributed by atoms with Crippen LogP contribution in [-0.4, -0.2) is 33.6 Å². The number of aromatic carboxylic acids is 1. The number of hydrogen-bond acceptors (Lipinski definition) is 5. The molecule has 1 aliphatic rings. The van der Waals surface area contributed by atoms with E-state index >= 15 is 0 Å². The number of hydrogen-bond donors (Lipinski definition) is 1. The lowest BCUT2D eigenvalue weighted by molar-refractivity contribution is -0.122. The van der Waals surface area contributed by atoms with Gasteiger partial charge in [0.25, 0.3) is 5.91 Å². The third-order valence-corrected chi connectivity index (χ3v) is 6.58. The highest BCUT2D eigenvalue weighted by Crippen LogP contribution is 2.34. The molecular formula is C26H21BrN2O4S. The molecule has 1 fully saturated rings. The van der Waals surface area contributed by atoms with Gasteiger partial charge in [0.2, 0.25) is 0 Å². The minimum atomic E-state index is -0.991. The molecule has 0 atom stereocenters. The Morgan fingerprint density at radius 3 is 2.35 bits per heavy atom. The normalized spacial score (nSPS) is 15.8. The number of amides is 1. The van der Waals surface area contributed by atoms with Crippen molar-refractivity contribution >= 4 is 56.5 Å². The van der Waals surface area contributed by atoms with Crippen molar-refractivity contribution in [1.29, 1.82) is 0 Å². The SMILES string of the molecule is CCN1C(=O)C(=Cc2ccc(OCc3ccc(Br)cc3)cc2)SC1=Nc1ccc(C(=O)O)cc1. The molecule has 0 bridgehead atoms. The van der Waals surface area contributed by atoms with E-state index in [0.717, 1.165) is 21.3 Å². The molecule has 0 radical (unpaired) electrons. The molecule has 1 amide bonds. The number of amidine groups is 1. The summed E-state index contributed by atoms with van der Waals surface area (Å²) >= 11 is 4.72. The number of benzene rings is 3. The smallest absolute Gasteiger partial charge is 0.335 e. The Morgan fingerprint density at radius 1 is 1.06 bits per heavy atom. The van der Waals surface area contributed by atoms with Gasteiger partial charge in [-0.3, -0.25) is 9.69 Å². The summed E-state index contributed by atoms with van der Waals surface area (Å²) in [5, 5.41) is 9.61. The van der Waals surface area contributed by atoms with Crippen LogP contribution in [0.3, 0.4) is 0 Å². The molecule has 172 valence electrons. The minimum Gasteiger partial charge on any atom is -0.489 e. The van der Waals surface area contributed by atoms with Crippen LogP contribution in [0.1, 0.15) is 28.4 Å². The lowest BCUT2D eigenvalue weighted by atomic mass is 10.2. The number of carbonyl (C=O) groups is 2. The second kappa shape index (κ2) is 10.7. The molecule has 8 heteroatoms. The lowest BCUT2D eigenvalue weighted by Crippen LogP contribution is -2.28. The number of ether oxygens (including phenoxy) is 1. The zero-order valence-corrected chi connectivity index (χ0v) is 20.7. The number of halogens is 1. The van der Waals surface area contributed by atoms with Crippen LogP contribution in [0.2, 0.25) is 0 Å². The maximum Gasteiger partial charge on any atom is 0.335 e. The first kappa shape index (κ1) is 23.8. The van der Waals surface area contributed by atoms with Gasteiger partial charge in [0.15, 0.2) is 5.17 Å². The number of aliphatic imine (C=N–C) groups is 1. The number of likely N-dealkylation sites (N-methyl/N-ethyl adjacent to an activating group) is 1. The van der Waals surface area contributed by atoms with Gasteiger partial charge < -0.3 is 9.84 Å². The molecular weight excluding hydrogens is 516 g/mol. The Labute approximate surface area is 210 Å². The molecule has 0 spiro atoms. The van der Waals surface area contributed by atoms with Gasteiger partial charge in [-0.1, -0.05) is 40.2 Å². The highest BCUT2D eigenvalue weighted by atomic mass is 79.9. The summed E-state index contributed by atoms with van der Waals surface area (Å²) in [4.78, 5) is 30.7. The van der Waals surface area contributed by atoms with Gasteiger partial charge in [0.1, 0.15) is 12.4 Å². The zero-order valence-electron chi connectivity index (χ0n) is 18.3. The summed E-state index contributed by atoms with van der Waals surface area (Å²) in [7, 11) is 0. The Balaban J connectivity index is 1.46. The monoisotopic (exact) mass is 536 g/mol. The molecule has 0 aliphatic carbocycles. The van der Waals surface area contributed by atoms with Crippen molar-refractivity contribution in [2.24, 2.45) is 4.99 Å². The van der Waals surface area contributed by atoms with Gasteiger partial charge in [-0.25, -0.2) is 9.79 Å². The van der Waals surface area contributed by atoms with Crippen LogP contribution in [0.4, 0.5) is 5.69 Å². The first-order valence-electron chi connectivity index (χ1n) is 10.5. The average molecular weight is 537 g/mol. The van der Waals surface area contributed by atoms with Crippen LogP contribution in [-0.2, 0) is 11.4 Å². The predicted molar refractivity (Wildman–Crippen MR) is 138 cm³/mol. The molecule has 3 aromatic rings. The quantitative estimate of drug-likeness (QED) is 0.356. The third kappa shape index (κ3) is 5.76. The van der Waals surface area contributed by atoms with Crippen LogP contribution in [0.15, 0.2) is 87.2 Å². The van der Waals surface area contributed by atoms with Crippen LogP contribution < -0.4 is 4.74 Å². The summed E-state index contributed by atoms with van der Waals surface area (Å²) < 4.78 is 6.87. The molecule has 1 heterocycles. The van der Waals surface area contributed by atoms with E-state index < -0.39 is 5.97 Å². The number of carboxylic acid groups (broad SMARTS) is 1. The summed E-state index contributed by atoms with van der Waals surface area (Å²) in [6.07, 6.45) is 1.84. The fraction of sp³-hybridized carbons (Fsp3) is 0.115. The van der Waals surface area contributed by atoms with E-state index in [-0.39, 0.29) is 11.5 Å². The topological polar surface area (TPSA) is 79.2 Å². The summed E-state index contributed by atoms with van der Waals surface area (Å²) in [6.45, 7) is 2.85. The van der Waals surface area contributed by atoms with Gasteiger partial charge in [0, 0.05) is 11.0 Å². The van der Waals surface area contributed by atoms with E-state index in [9.17, 15) is 9.59 Å². The zero-order chi connectivity index (χ0) is 24.1. The number of rotatable bonds is 7. The molecule has 1 aliphatic heterocycles. The molecule has 0 unspecified atom stereocenters.